The molecule has 1 aromatic heterocycles. The number of Topliss-reactive ketones (excluding diaryl/α,β-unsaturated/α-hetero) is 1. The smallest absolute Gasteiger partial charge is 0.296 e. The first-order chi connectivity index (χ1) is 15.0. The molecule has 6 heteroatoms. The maximum Gasteiger partial charge on any atom is 0.296 e. The maximum atomic E-state index is 13.0. The van der Waals surface area contributed by atoms with Crippen molar-refractivity contribution in [3.63, 3.8) is 0 Å². The molecule has 2 aromatic carbocycles. The van der Waals surface area contributed by atoms with Crippen LogP contribution in [-0.2, 0) is 16.1 Å². The number of likely N-dealkylation sites (tertiary alicyclic amines) is 1. The predicted molar refractivity (Wildman–Crippen MR) is 115 cm³/mol. The third-order valence-electron chi connectivity index (χ3n) is 5.28. The van der Waals surface area contributed by atoms with Crippen molar-refractivity contribution in [3.05, 3.63) is 95.0 Å². The molecule has 1 unspecified atom stereocenters. The van der Waals surface area contributed by atoms with Gasteiger partial charge in [0.25, 0.3) is 11.7 Å². The molecule has 1 aliphatic heterocycles. The van der Waals surface area contributed by atoms with Crippen LogP contribution in [0.3, 0.4) is 0 Å². The number of aryl methyl sites for hydroxylation is 1. The molecule has 1 fully saturated rings. The van der Waals surface area contributed by atoms with E-state index >= 15 is 0 Å². The summed E-state index contributed by atoms with van der Waals surface area (Å²) in [6.45, 7) is 4.49. The van der Waals surface area contributed by atoms with E-state index in [0.717, 1.165) is 11.1 Å². The van der Waals surface area contributed by atoms with Gasteiger partial charge in [0.2, 0.25) is 0 Å². The number of aliphatic hydroxyl groups is 1. The second-order valence-electron chi connectivity index (χ2n) is 7.37. The topological polar surface area (TPSA) is 80.0 Å². The summed E-state index contributed by atoms with van der Waals surface area (Å²) < 4.78 is 10.8. The van der Waals surface area contributed by atoms with Crippen LogP contribution in [0.1, 0.15) is 35.4 Å². The van der Waals surface area contributed by atoms with Gasteiger partial charge in [0, 0.05) is 5.56 Å². The summed E-state index contributed by atoms with van der Waals surface area (Å²) in [5.74, 6) is -0.389. The largest absolute Gasteiger partial charge is 0.507 e. The Morgan fingerprint density at radius 1 is 1.06 bits per heavy atom. The first kappa shape index (κ1) is 20.5. The summed E-state index contributed by atoms with van der Waals surface area (Å²) in [5, 5.41) is 11.1. The number of benzene rings is 2. The van der Waals surface area contributed by atoms with Crippen LogP contribution in [0.5, 0.6) is 5.75 Å². The van der Waals surface area contributed by atoms with E-state index in [2.05, 4.69) is 0 Å². The average Bonchev–Trinajstić information content (AvgIpc) is 3.37. The van der Waals surface area contributed by atoms with Gasteiger partial charge in [0.1, 0.15) is 17.3 Å². The second-order valence-corrected chi connectivity index (χ2v) is 7.37. The van der Waals surface area contributed by atoms with Crippen molar-refractivity contribution in [2.75, 3.05) is 6.61 Å². The van der Waals surface area contributed by atoms with Crippen molar-refractivity contribution >= 4 is 17.4 Å². The van der Waals surface area contributed by atoms with Gasteiger partial charge in [-0.2, -0.15) is 0 Å². The number of ketones is 1. The molecule has 1 aliphatic rings. The van der Waals surface area contributed by atoms with E-state index in [0.29, 0.717) is 23.7 Å². The van der Waals surface area contributed by atoms with Gasteiger partial charge in [-0.1, -0.05) is 29.8 Å². The predicted octanol–water partition coefficient (Wildman–Crippen LogP) is 4.61. The Balaban J connectivity index is 1.81. The van der Waals surface area contributed by atoms with E-state index in [-0.39, 0.29) is 17.9 Å². The number of carbonyl (C=O) groups excluding carboxylic acids is 2. The van der Waals surface area contributed by atoms with E-state index < -0.39 is 17.7 Å². The molecule has 0 bridgehead atoms. The summed E-state index contributed by atoms with van der Waals surface area (Å²) in [5.41, 5.74) is 2.29. The molecule has 0 aliphatic carbocycles. The van der Waals surface area contributed by atoms with E-state index in [1.54, 1.807) is 36.4 Å². The lowest BCUT2D eigenvalue weighted by Crippen LogP contribution is -2.29. The van der Waals surface area contributed by atoms with Crippen LogP contribution in [0.2, 0.25) is 0 Å². The van der Waals surface area contributed by atoms with Crippen molar-refractivity contribution in [3.8, 4) is 5.75 Å². The average molecular weight is 417 g/mol. The first-order valence-electron chi connectivity index (χ1n) is 10.1. The van der Waals surface area contributed by atoms with Gasteiger partial charge in [0.05, 0.1) is 31.0 Å². The Morgan fingerprint density at radius 2 is 1.77 bits per heavy atom. The molecule has 2 heterocycles. The number of hydrogen-bond donors (Lipinski definition) is 1. The Kier molecular flexibility index (Phi) is 5.62. The molecule has 4 rings (SSSR count). The van der Waals surface area contributed by atoms with Crippen LogP contribution in [0, 0.1) is 6.92 Å². The van der Waals surface area contributed by atoms with Crippen molar-refractivity contribution in [1.82, 2.24) is 4.90 Å². The number of furan rings is 1. The summed E-state index contributed by atoms with van der Waals surface area (Å²) in [7, 11) is 0. The Bertz CT molecular complexity index is 1110. The van der Waals surface area contributed by atoms with Crippen LogP contribution >= 0.6 is 0 Å². The van der Waals surface area contributed by atoms with Gasteiger partial charge in [-0.3, -0.25) is 9.59 Å². The Labute approximate surface area is 180 Å². The number of aliphatic hydroxyl groups excluding tert-OH is 1. The molecule has 0 spiro atoms. The highest BCUT2D eigenvalue weighted by molar-refractivity contribution is 6.46. The van der Waals surface area contributed by atoms with Crippen molar-refractivity contribution in [2.45, 2.75) is 26.4 Å². The third kappa shape index (κ3) is 3.97. The molecule has 158 valence electrons. The summed E-state index contributed by atoms with van der Waals surface area (Å²) in [6.07, 6.45) is 1.52. The molecule has 1 N–H and O–H groups in total. The quantitative estimate of drug-likeness (QED) is 0.360. The Morgan fingerprint density at radius 3 is 2.39 bits per heavy atom. The van der Waals surface area contributed by atoms with Crippen LogP contribution in [0.15, 0.2) is 76.9 Å². The van der Waals surface area contributed by atoms with Gasteiger partial charge < -0.3 is 19.2 Å². The van der Waals surface area contributed by atoms with E-state index in [4.69, 9.17) is 9.15 Å². The number of nitrogens with zero attached hydrogens (tertiary/aromatic N) is 1. The fourth-order valence-corrected chi connectivity index (χ4v) is 3.74. The zero-order valence-electron chi connectivity index (χ0n) is 17.4. The molecule has 0 saturated carbocycles. The molecule has 1 amide bonds. The highest BCUT2D eigenvalue weighted by Gasteiger charge is 2.46. The number of amides is 1. The number of hydrogen-bond acceptors (Lipinski definition) is 5. The summed E-state index contributed by atoms with van der Waals surface area (Å²) >= 11 is 0. The minimum absolute atomic E-state index is 0.0598. The highest BCUT2D eigenvalue weighted by Crippen LogP contribution is 2.40. The number of carbonyl (C=O) groups is 2. The maximum absolute atomic E-state index is 13.0. The second kappa shape index (κ2) is 8.52. The third-order valence-corrected chi connectivity index (χ3v) is 5.28. The minimum Gasteiger partial charge on any atom is -0.507 e. The fourth-order valence-electron chi connectivity index (χ4n) is 3.74. The number of rotatable bonds is 6. The van der Waals surface area contributed by atoms with Gasteiger partial charge in [-0.15, -0.1) is 0 Å². The molecule has 3 aromatic rings. The molecule has 0 radical (unpaired) electrons. The molecule has 1 saturated heterocycles. The van der Waals surface area contributed by atoms with Gasteiger partial charge in [0.15, 0.2) is 0 Å². The van der Waals surface area contributed by atoms with Crippen molar-refractivity contribution in [2.24, 2.45) is 0 Å². The molecule has 1 atom stereocenters. The lowest BCUT2D eigenvalue weighted by molar-refractivity contribution is -0.140. The van der Waals surface area contributed by atoms with E-state index in [1.807, 2.05) is 38.1 Å². The fraction of sp³-hybridized carbons (Fsp3) is 0.200. The van der Waals surface area contributed by atoms with Crippen LogP contribution in [0.25, 0.3) is 5.76 Å². The molecular formula is C25H23NO5. The molecular weight excluding hydrogens is 394 g/mol. The van der Waals surface area contributed by atoms with Gasteiger partial charge in [-0.05, 0) is 55.8 Å². The first-order valence-corrected chi connectivity index (χ1v) is 10.1. The van der Waals surface area contributed by atoms with E-state index in [9.17, 15) is 14.7 Å². The van der Waals surface area contributed by atoms with Gasteiger partial charge in [-0.25, -0.2) is 0 Å². The summed E-state index contributed by atoms with van der Waals surface area (Å²) in [4.78, 5) is 27.4. The van der Waals surface area contributed by atoms with Crippen LogP contribution in [0.4, 0.5) is 0 Å². The molecule has 6 nitrogen and oxygen atoms in total. The van der Waals surface area contributed by atoms with Gasteiger partial charge >= 0.3 is 0 Å². The standard InChI is InChI=1S/C25H23NO5/c1-3-30-19-12-10-18(11-13-19)23(27)21-22(17-8-6-16(2)7-9-17)26(25(29)24(21)28)15-20-5-4-14-31-20/h4-14,22,27H,3,15H2,1-2H3. The molecule has 31 heavy (non-hydrogen) atoms. The van der Waals surface area contributed by atoms with E-state index in [1.165, 1.54) is 11.2 Å². The van der Waals surface area contributed by atoms with Crippen LogP contribution in [-0.4, -0.2) is 28.3 Å². The van der Waals surface area contributed by atoms with Crippen molar-refractivity contribution in [1.29, 1.82) is 0 Å². The highest BCUT2D eigenvalue weighted by atomic mass is 16.5. The Hall–Kier alpha value is -3.80. The minimum atomic E-state index is -0.725. The zero-order valence-corrected chi connectivity index (χ0v) is 17.4. The monoisotopic (exact) mass is 417 g/mol. The lowest BCUT2D eigenvalue weighted by atomic mass is 9.94. The lowest BCUT2D eigenvalue weighted by Gasteiger charge is -2.24. The van der Waals surface area contributed by atoms with Crippen molar-refractivity contribution < 1.29 is 23.8 Å². The van der Waals surface area contributed by atoms with Crippen LogP contribution < -0.4 is 4.74 Å². The number of ether oxygens (including phenoxy) is 1. The normalized spacial score (nSPS) is 17.9. The zero-order chi connectivity index (χ0) is 22.0. The SMILES string of the molecule is CCOc1ccc(C(O)=C2C(=O)C(=O)N(Cc3ccco3)C2c2ccc(C)cc2)cc1. The summed E-state index contributed by atoms with van der Waals surface area (Å²) in [6, 6.07) is 17.1.